The maximum absolute atomic E-state index is 12.2. The van der Waals surface area contributed by atoms with E-state index in [1.165, 1.54) is 36.6 Å². The van der Waals surface area contributed by atoms with Gasteiger partial charge in [-0.25, -0.2) is 4.98 Å². The standard InChI is InChI=1S/C17H14N2O4S/c1-23-10-6-7-11(15(21)8-10)13-9-24-17(18-13)19-16(22)12-4-2-3-5-14(12)20/h2-9,20-21H,1H3,(H,18,19,22). The second-order valence-electron chi connectivity index (χ2n) is 4.89. The van der Waals surface area contributed by atoms with Gasteiger partial charge in [-0.15, -0.1) is 11.3 Å². The maximum atomic E-state index is 12.2. The molecule has 0 spiro atoms. The van der Waals surface area contributed by atoms with Crippen molar-refractivity contribution >= 4 is 22.4 Å². The Morgan fingerprint density at radius 2 is 1.96 bits per heavy atom. The van der Waals surface area contributed by atoms with E-state index in [1.54, 1.807) is 29.6 Å². The molecule has 0 aliphatic heterocycles. The molecule has 0 saturated heterocycles. The molecule has 0 atom stereocenters. The molecular formula is C17H14N2O4S. The van der Waals surface area contributed by atoms with Gasteiger partial charge in [-0.3, -0.25) is 10.1 Å². The van der Waals surface area contributed by atoms with Crippen LogP contribution in [-0.4, -0.2) is 28.2 Å². The van der Waals surface area contributed by atoms with Crippen molar-refractivity contribution in [3.63, 3.8) is 0 Å². The van der Waals surface area contributed by atoms with E-state index in [0.717, 1.165) is 0 Å². The van der Waals surface area contributed by atoms with Gasteiger partial charge in [0.25, 0.3) is 5.91 Å². The fraction of sp³-hybridized carbons (Fsp3) is 0.0588. The van der Waals surface area contributed by atoms with Crippen molar-refractivity contribution in [2.75, 3.05) is 12.4 Å². The lowest BCUT2D eigenvalue weighted by Crippen LogP contribution is -2.11. The van der Waals surface area contributed by atoms with E-state index >= 15 is 0 Å². The van der Waals surface area contributed by atoms with Crippen molar-refractivity contribution in [1.82, 2.24) is 4.98 Å². The third kappa shape index (κ3) is 3.16. The molecule has 0 fully saturated rings. The Kier molecular flexibility index (Phi) is 4.35. The van der Waals surface area contributed by atoms with Gasteiger partial charge in [0.2, 0.25) is 0 Å². The summed E-state index contributed by atoms with van der Waals surface area (Å²) in [5, 5.41) is 24.5. The average molecular weight is 342 g/mol. The summed E-state index contributed by atoms with van der Waals surface area (Å²) in [6, 6.07) is 11.2. The number of amides is 1. The smallest absolute Gasteiger partial charge is 0.261 e. The third-order valence-electron chi connectivity index (χ3n) is 3.35. The summed E-state index contributed by atoms with van der Waals surface area (Å²) in [7, 11) is 1.52. The van der Waals surface area contributed by atoms with Gasteiger partial charge in [0.1, 0.15) is 17.2 Å². The van der Waals surface area contributed by atoms with Crippen LogP contribution in [0.25, 0.3) is 11.3 Å². The fourth-order valence-corrected chi connectivity index (χ4v) is 2.85. The van der Waals surface area contributed by atoms with Crippen LogP contribution in [-0.2, 0) is 0 Å². The zero-order valence-corrected chi connectivity index (χ0v) is 13.5. The largest absolute Gasteiger partial charge is 0.507 e. The summed E-state index contributed by atoms with van der Waals surface area (Å²) < 4.78 is 5.05. The van der Waals surface area contributed by atoms with Crippen LogP contribution in [0.2, 0.25) is 0 Å². The zero-order valence-electron chi connectivity index (χ0n) is 12.7. The first-order valence-electron chi connectivity index (χ1n) is 7.00. The van der Waals surface area contributed by atoms with Crippen LogP contribution < -0.4 is 10.1 Å². The second kappa shape index (κ2) is 6.59. The first kappa shape index (κ1) is 15.8. The molecule has 0 aliphatic rings. The molecule has 1 aromatic heterocycles. The summed E-state index contributed by atoms with van der Waals surface area (Å²) in [4.78, 5) is 16.5. The van der Waals surface area contributed by atoms with Crippen LogP contribution in [0.4, 0.5) is 5.13 Å². The van der Waals surface area contributed by atoms with Crippen LogP contribution in [0.5, 0.6) is 17.2 Å². The van der Waals surface area contributed by atoms with E-state index in [2.05, 4.69) is 10.3 Å². The van der Waals surface area contributed by atoms with Crippen LogP contribution in [0.1, 0.15) is 10.4 Å². The number of aromatic hydroxyl groups is 2. The summed E-state index contributed by atoms with van der Waals surface area (Å²) >= 11 is 1.22. The number of carbonyl (C=O) groups is 1. The topological polar surface area (TPSA) is 91.7 Å². The molecule has 2 aromatic carbocycles. The van der Waals surface area contributed by atoms with Crippen molar-refractivity contribution in [2.45, 2.75) is 0 Å². The first-order valence-corrected chi connectivity index (χ1v) is 7.88. The third-order valence-corrected chi connectivity index (χ3v) is 4.11. The highest BCUT2D eigenvalue weighted by Crippen LogP contribution is 2.34. The Labute approximate surface area is 142 Å². The summed E-state index contributed by atoms with van der Waals surface area (Å²) in [6.45, 7) is 0. The summed E-state index contributed by atoms with van der Waals surface area (Å²) in [5.74, 6) is 0.0327. The molecule has 0 radical (unpaired) electrons. The lowest BCUT2D eigenvalue weighted by molar-refractivity contribution is 0.102. The van der Waals surface area contributed by atoms with Crippen molar-refractivity contribution in [3.8, 4) is 28.5 Å². The van der Waals surface area contributed by atoms with Crippen molar-refractivity contribution in [1.29, 1.82) is 0 Å². The molecule has 0 bridgehead atoms. The van der Waals surface area contributed by atoms with E-state index in [0.29, 0.717) is 22.1 Å². The molecular weight excluding hydrogens is 328 g/mol. The highest BCUT2D eigenvalue weighted by molar-refractivity contribution is 7.14. The van der Waals surface area contributed by atoms with E-state index in [-0.39, 0.29) is 17.1 Å². The summed E-state index contributed by atoms with van der Waals surface area (Å²) in [6.07, 6.45) is 0. The predicted octanol–water partition coefficient (Wildman–Crippen LogP) is 3.48. The number of para-hydroxylation sites is 1. The normalized spacial score (nSPS) is 10.4. The van der Waals surface area contributed by atoms with Gasteiger partial charge in [-0.1, -0.05) is 12.1 Å². The molecule has 7 heteroatoms. The van der Waals surface area contributed by atoms with Crippen LogP contribution in [0.15, 0.2) is 47.8 Å². The molecule has 1 amide bonds. The molecule has 0 saturated carbocycles. The first-order chi connectivity index (χ1) is 11.6. The average Bonchev–Trinajstić information content (AvgIpc) is 3.03. The number of nitrogens with one attached hydrogen (secondary N) is 1. The molecule has 24 heavy (non-hydrogen) atoms. The van der Waals surface area contributed by atoms with Gasteiger partial charge >= 0.3 is 0 Å². The molecule has 3 rings (SSSR count). The number of nitrogens with zero attached hydrogens (tertiary/aromatic N) is 1. The monoisotopic (exact) mass is 342 g/mol. The Bertz CT molecular complexity index is 892. The van der Waals surface area contributed by atoms with Crippen LogP contribution >= 0.6 is 11.3 Å². The van der Waals surface area contributed by atoms with E-state index in [9.17, 15) is 15.0 Å². The van der Waals surface area contributed by atoms with Crippen molar-refractivity contribution in [3.05, 3.63) is 53.4 Å². The summed E-state index contributed by atoms with van der Waals surface area (Å²) in [5.41, 5.74) is 1.24. The molecule has 3 aromatic rings. The number of thiazole rings is 1. The van der Waals surface area contributed by atoms with Gasteiger partial charge in [0.15, 0.2) is 5.13 Å². The predicted molar refractivity (Wildman–Crippen MR) is 91.8 cm³/mol. The Morgan fingerprint density at radius 3 is 2.67 bits per heavy atom. The van der Waals surface area contributed by atoms with Crippen molar-refractivity contribution in [2.24, 2.45) is 0 Å². The Balaban J connectivity index is 1.81. The second-order valence-corrected chi connectivity index (χ2v) is 5.75. The molecule has 1 heterocycles. The van der Waals surface area contributed by atoms with E-state index in [4.69, 9.17) is 4.74 Å². The minimum atomic E-state index is -0.451. The van der Waals surface area contributed by atoms with E-state index < -0.39 is 5.91 Å². The molecule has 6 nitrogen and oxygen atoms in total. The van der Waals surface area contributed by atoms with Gasteiger partial charge in [-0.05, 0) is 24.3 Å². The van der Waals surface area contributed by atoms with Gasteiger partial charge in [0.05, 0.1) is 18.4 Å². The Hall–Kier alpha value is -3.06. The minimum Gasteiger partial charge on any atom is -0.507 e. The highest BCUT2D eigenvalue weighted by Gasteiger charge is 2.14. The lowest BCUT2D eigenvalue weighted by Gasteiger charge is -2.05. The molecule has 3 N–H and O–H groups in total. The van der Waals surface area contributed by atoms with E-state index in [1.807, 2.05) is 0 Å². The number of rotatable bonds is 4. The molecule has 0 aliphatic carbocycles. The number of benzene rings is 2. The number of hydrogen-bond donors (Lipinski definition) is 3. The number of carbonyl (C=O) groups excluding carboxylic acids is 1. The number of anilines is 1. The fourth-order valence-electron chi connectivity index (χ4n) is 2.14. The van der Waals surface area contributed by atoms with Crippen molar-refractivity contribution < 1.29 is 19.7 Å². The lowest BCUT2D eigenvalue weighted by atomic mass is 10.1. The number of aromatic nitrogens is 1. The highest BCUT2D eigenvalue weighted by atomic mass is 32.1. The molecule has 122 valence electrons. The van der Waals surface area contributed by atoms with Crippen LogP contribution in [0.3, 0.4) is 0 Å². The SMILES string of the molecule is COc1ccc(-c2csc(NC(=O)c3ccccc3O)n2)c(O)c1. The van der Waals surface area contributed by atoms with Gasteiger partial charge in [-0.2, -0.15) is 0 Å². The number of ether oxygens (including phenoxy) is 1. The number of phenolic OH excluding ortho intramolecular Hbond substituents is 2. The van der Waals surface area contributed by atoms with Gasteiger partial charge < -0.3 is 14.9 Å². The van der Waals surface area contributed by atoms with Gasteiger partial charge in [0, 0.05) is 17.0 Å². The Morgan fingerprint density at radius 1 is 1.17 bits per heavy atom. The number of methoxy groups -OCH3 is 1. The molecule has 0 unspecified atom stereocenters. The van der Waals surface area contributed by atoms with Crippen LogP contribution in [0, 0.1) is 0 Å². The zero-order chi connectivity index (χ0) is 17.1. The number of phenols is 2. The quantitative estimate of drug-likeness (QED) is 0.675. The minimum absolute atomic E-state index is 0.0400. The number of hydrogen-bond acceptors (Lipinski definition) is 6. The maximum Gasteiger partial charge on any atom is 0.261 e.